The molecule has 0 unspecified atom stereocenters. The van der Waals surface area contributed by atoms with Gasteiger partial charge in [0.2, 0.25) is 11.8 Å². The number of fused-ring (bicyclic) bond motifs is 1. The first-order valence-corrected chi connectivity index (χ1v) is 8.48. The topological polar surface area (TPSA) is 72.8 Å². The summed E-state index contributed by atoms with van der Waals surface area (Å²) in [5, 5.41) is 4.54. The minimum atomic E-state index is -0.419. The fourth-order valence-electron chi connectivity index (χ4n) is 2.95. The lowest BCUT2D eigenvalue weighted by Crippen LogP contribution is -2.13. The second kappa shape index (κ2) is 6.48. The molecule has 6 heteroatoms. The minimum Gasteiger partial charge on any atom is -0.403 e. The van der Waals surface area contributed by atoms with Crippen LogP contribution in [0.5, 0.6) is 5.88 Å². The van der Waals surface area contributed by atoms with E-state index in [4.69, 9.17) is 4.74 Å². The lowest BCUT2D eigenvalue weighted by Gasteiger charge is -2.07. The summed E-state index contributed by atoms with van der Waals surface area (Å²) in [6.07, 6.45) is 0.698. The van der Waals surface area contributed by atoms with Gasteiger partial charge in [-0.25, -0.2) is 9.78 Å². The summed E-state index contributed by atoms with van der Waals surface area (Å²) in [7, 11) is 0. The molecule has 0 aliphatic heterocycles. The molecule has 2 aromatic carbocycles. The van der Waals surface area contributed by atoms with Gasteiger partial charge in [0.1, 0.15) is 0 Å². The average molecular weight is 346 g/mol. The van der Waals surface area contributed by atoms with Crippen molar-refractivity contribution in [2.45, 2.75) is 20.3 Å². The van der Waals surface area contributed by atoms with Gasteiger partial charge >= 0.3 is 5.97 Å². The zero-order valence-electron chi connectivity index (χ0n) is 14.6. The molecule has 6 nitrogen and oxygen atoms in total. The Morgan fingerprint density at radius 3 is 2.58 bits per heavy atom. The molecule has 0 aliphatic rings. The quantitative estimate of drug-likeness (QED) is 0.570. The van der Waals surface area contributed by atoms with E-state index in [-0.39, 0.29) is 0 Å². The van der Waals surface area contributed by atoms with Crippen LogP contribution < -0.4 is 4.74 Å². The Morgan fingerprint density at radius 1 is 1.12 bits per heavy atom. The van der Waals surface area contributed by atoms with Crippen LogP contribution in [0.3, 0.4) is 0 Å². The molecule has 2 aromatic heterocycles. The number of rotatable bonds is 4. The number of hydrogen-bond acceptors (Lipinski definition) is 4. The number of carbonyl (C=O) groups is 1. The van der Waals surface area contributed by atoms with Gasteiger partial charge in [-0.3, -0.25) is 0 Å². The van der Waals surface area contributed by atoms with E-state index in [0.717, 1.165) is 22.3 Å². The number of aryl methyl sites for hydroxylation is 1. The molecule has 0 saturated heterocycles. The lowest BCUT2D eigenvalue weighted by atomic mass is 10.2. The van der Waals surface area contributed by atoms with Crippen molar-refractivity contribution in [3.8, 4) is 11.8 Å². The van der Waals surface area contributed by atoms with Crippen molar-refractivity contribution in [3.63, 3.8) is 0 Å². The summed E-state index contributed by atoms with van der Waals surface area (Å²) in [6.45, 7) is 3.91. The Bertz CT molecular complexity index is 1050. The molecule has 4 aromatic rings. The van der Waals surface area contributed by atoms with Gasteiger partial charge in [0.05, 0.1) is 22.3 Å². The molecular formula is C20H18N4O2. The molecule has 0 fully saturated rings. The SMILES string of the molecule is CCc1c(C)nn(-c2nc3ccccc3[nH]2)c1OC(=O)c1ccccc1. The third-order valence-corrected chi connectivity index (χ3v) is 4.27. The van der Waals surface area contributed by atoms with Crippen LogP contribution in [0, 0.1) is 6.92 Å². The zero-order valence-corrected chi connectivity index (χ0v) is 14.6. The van der Waals surface area contributed by atoms with Crippen LogP contribution in [0.4, 0.5) is 0 Å². The maximum atomic E-state index is 12.6. The number of aromatic nitrogens is 4. The molecule has 0 saturated carbocycles. The summed E-state index contributed by atoms with van der Waals surface area (Å²) < 4.78 is 7.29. The maximum Gasteiger partial charge on any atom is 0.344 e. The van der Waals surface area contributed by atoms with Crippen molar-refractivity contribution < 1.29 is 9.53 Å². The van der Waals surface area contributed by atoms with E-state index in [1.54, 1.807) is 28.9 Å². The molecule has 26 heavy (non-hydrogen) atoms. The van der Waals surface area contributed by atoms with Crippen LogP contribution in [0.2, 0.25) is 0 Å². The molecule has 0 atom stereocenters. The highest BCUT2D eigenvalue weighted by molar-refractivity contribution is 5.91. The molecule has 2 heterocycles. The minimum absolute atomic E-state index is 0.401. The second-order valence-corrected chi connectivity index (χ2v) is 5.97. The van der Waals surface area contributed by atoms with Gasteiger partial charge in [0, 0.05) is 5.56 Å². The number of esters is 1. The normalized spacial score (nSPS) is 11.0. The summed E-state index contributed by atoms with van der Waals surface area (Å²) in [5.74, 6) is 0.500. The highest BCUT2D eigenvalue weighted by Gasteiger charge is 2.22. The van der Waals surface area contributed by atoms with Crippen LogP contribution >= 0.6 is 0 Å². The van der Waals surface area contributed by atoms with Gasteiger partial charge in [0.25, 0.3) is 0 Å². The number of ether oxygens (including phenoxy) is 1. The average Bonchev–Trinajstić information content (AvgIpc) is 3.23. The number of H-pyrrole nitrogens is 1. The molecular weight excluding hydrogens is 328 g/mol. The Morgan fingerprint density at radius 2 is 1.85 bits per heavy atom. The van der Waals surface area contributed by atoms with Gasteiger partial charge in [-0.1, -0.05) is 37.3 Å². The summed E-state index contributed by atoms with van der Waals surface area (Å²) in [4.78, 5) is 20.3. The van der Waals surface area contributed by atoms with Gasteiger partial charge in [-0.2, -0.15) is 9.78 Å². The third kappa shape index (κ3) is 2.75. The number of carbonyl (C=O) groups excluding carboxylic acids is 1. The third-order valence-electron chi connectivity index (χ3n) is 4.27. The van der Waals surface area contributed by atoms with Crippen LogP contribution in [-0.4, -0.2) is 25.7 Å². The molecule has 1 N–H and O–H groups in total. The van der Waals surface area contributed by atoms with Gasteiger partial charge in [0.15, 0.2) is 0 Å². The predicted octanol–water partition coefficient (Wildman–Crippen LogP) is 3.84. The van der Waals surface area contributed by atoms with E-state index in [9.17, 15) is 4.79 Å². The molecule has 130 valence electrons. The van der Waals surface area contributed by atoms with Crippen LogP contribution in [0.15, 0.2) is 54.6 Å². The first-order chi connectivity index (χ1) is 12.7. The Balaban J connectivity index is 1.79. The first-order valence-electron chi connectivity index (χ1n) is 8.48. The van der Waals surface area contributed by atoms with Gasteiger partial charge in [-0.15, -0.1) is 0 Å². The molecule has 0 radical (unpaired) electrons. The number of nitrogens with one attached hydrogen (secondary N) is 1. The predicted molar refractivity (Wildman–Crippen MR) is 98.7 cm³/mol. The van der Waals surface area contributed by atoms with E-state index in [0.29, 0.717) is 23.8 Å². The fourth-order valence-corrected chi connectivity index (χ4v) is 2.95. The first kappa shape index (κ1) is 16.1. The lowest BCUT2D eigenvalue weighted by molar-refractivity contribution is 0.0721. The molecule has 0 aliphatic carbocycles. The van der Waals surface area contributed by atoms with Crippen molar-refractivity contribution in [1.29, 1.82) is 0 Å². The van der Waals surface area contributed by atoms with Crippen molar-refractivity contribution in [2.75, 3.05) is 0 Å². The summed E-state index contributed by atoms with van der Waals surface area (Å²) in [6, 6.07) is 16.6. The van der Waals surface area contributed by atoms with Crippen molar-refractivity contribution in [1.82, 2.24) is 19.7 Å². The monoisotopic (exact) mass is 346 g/mol. The molecule has 4 rings (SSSR count). The number of nitrogens with zero attached hydrogens (tertiary/aromatic N) is 3. The number of para-hydroxylation sites is 2. The molecule has 0 bridgehead atoms. The van der Waals surface area contributed by atoms with Crippen LogP contribution in [-0.2, 0) is 6.42 Å². The van der Waals surface area contributed by atoms with E-state index in [1.165, 1.54) is 0 Å². The number of hydrogen-bond donors (Lipinski definition) is 1. The van der Waals surface area contributed by atoms with Crippen LogP contribution in [0.1, 0.15) is 28.5 Å². The smallest absolute Gasteiger partial charge is 0.344 e. The highest BCUT2D eigenvalue weighted by atomic mass is 16.5. The number of aromatic amines is 1. The zero-order chi connectivity index (χ0) is 18.1. The Kier molecular flexibility index (Phi) is 4.01. The van der Waals surface area contributed by atoms with Crippen molar-refractivity contribution in [2.24, 2.45) is 0 Å². The molecule has 0 amide bonds. The van der Waals surface area contributed by atoms with E-state index >= 15 is 0 Å². The summed E-state index contributed by atoms with van der Waals surface area (Å²) in [5.41, 5.74) is 3.91. The van der Waals surface area contributed by atoms with E-state index < -0.39 is 5.97 Å². The largest absolute Gasteiger partial charge is 0.403 e. The Hall–Kier alpha value is -3.41. The summed E-state index contributed by atoms with van der Waals surface area (Å²) >= 11 is 0. The number of imidazole rings is 1. The Labute approximate surface area is 150 Å². The molecule has 0 spiro atoms. The van der Waals surface area contributed by atoms with Crippen molar-refractivity contribution >= 4 is 17.0 Å². The highest BCUT2D eigenvalue weighted by Crippen LogP contribution is 2.27. The standard InChI is InChI=1S/C20H18N4O2/c1-3-15-13(2)23-24(20-21-16-11-7-8-12-17(16)22-20)18(15)26-19(25)14-9-5-4-6-10-14/h4-12H,3H2,1-2H3,(H,21,22). The van der Waals surface area contributed by atoms with Crippen LogP contribution in [0.25, 0.3) is 17.0 Å². The number of benzene rings is 2. The fraction of sp³-hybridized carbons (Fsp3) is 0.150. The van der Waals surface area contributed by atoms with Gasteiger partial charge < -0.3 is 9.72 Å². The van der Waals surface area contributed by atoms with Gasteiger partial charge in [-0.05, 0) is 37.6 Å². The second-order valence-electron chi connectivity index (χ2n) is 5.97. The van der Waals surface area contributed by atoms with E-state index in [2.05, 4.69) is 15.1 Å². The maximum absolute atomic E-state index is 12.6. The van der Waals surface area contributed by atoms with E-state index in [1.807, 2.05) is 44.2 Å². The van der Waals surface area contributed by atoms with Crippen molar-refractivity contribution in [3.05, 3.63) is 71.4 Å².